The van der Waals surface area contributed by atoms with E-state index in [2.05, 4.69) is 5.32 Å². The second-order valence-corrected chi connectivity index (χ2v) is 5.74. The molecule has 0 fully saturated rings. The van der Waals surface area contributed by atoms with Gasteiger partial charge in [0.05, 0.1) is 13.7 Å². The highest BCUT2D eigenvalue weighted by Crippen LogP contribution is 2.14. The average Bonchev–Trinajstić information content (AvgIpc) is 2.46. The van der Waals surface area contributed by atoms with Crippen molar-refractivity contribution in [3.63, 3.8) is 0 Å². The van der Waals surface area contributed by atoms with Crippen molar-refractivity contribution in [1.82, 2.24) is 5.32 Å². The number of aliphatic hydroxyl groups is 1. The van der Waals surface area contributed by atoms with Crippen molar-refractivity contribution < 1.29 is 14.6 Å². The smallest absolute Gasteiger partial charge is 0.220 e. The summed E-state index contributed by atoms with van der Waals surface area (Å²) in [5.74, 6) is 0.812. The van der Waals surface area contributed by atoms with Gasteiger partial charge in [-0.1, -0.05) is 12.1 Å². The second kappa shape index (κ2) is 8.87. The van der Waals surface area contributed by atoms with Gasteiger partial charge in [0.25, 0.3) is 0 Å². The molecule has 2 atom stereocenters. The molecule has 2 unspecified atom stereocenters. The molecule has 0 saturated heterocycles. The maximum Gasteiger partial charge on any atom is 0.220 e. The third-order valence-corrected chi connectivity index (χ3v) is 4.37. The molecule has 20 heavy (non-hydrogen) atoms. The molecule has 0 spiro atoms. The van der Waals surface area contributed by atoms with Crippen molar-refractivity contribution in [3.8, 4) is 5.75 Å². The Labute approximate surface area is 124 Å². The highest BCUT2D eigenvalue weighted by molar-refractivity contribution is 7.99. The lowest BCUT2D eigenvalue weighted by Crippen LogP contribution is -2.41. The Morgan fingerprint density at radius 2 is 2.25 bits per heavy atom. The summed E-state index contributed by atoms with van der Waals surface area (Å²) in [6.45, 7) is 1.99. The van der Waals surface area contributed by atoms with E-state index in [1.54, 1.807) is 18.9 Å². The quantitative estimate of drug-likeness (QED) is 0.769. The summed E-state index contributed by atoms with van der Waals surface area (Å²) < 4.78 is 5.16. The van der Waals surface area contributed by atoms with E-state index in [1.807, 2.05) is 37.4 Å². The Morgan fingerprint density at radius 3 is 2.85 bits per heavy atom. The topological polar surface area (TPSA) is 58.6 Å². The van der Waals surface area contributed by atoms with Crippen molar-refractivity contribution in [2.45, 2.75) is 31.1 Å². The van der Waals surface area contributed by atoms with Gasteiger partial charge in [0.15, 0.2) is 0 Å². The molecule has 0 bridgehead atoms. The Kier molecular flexibility index (Phi) is 7.47. The predicted molar refractivity (Wildman–Crippen MR) is 83.3 cm³/mol. The molecule has 0 heterocycles. The van der Waals surface area contributed by atoms with Crippen LogP contribution in [0.5, 0.6) is 5.75 Å². The normalized spacial score (nSPS) is 13.6. The van der Waals surface area contributed by atoms with Crippen molar-refractivity contribution in [2.24, 2.45) is 0 Å². The number of hydrogen-bond acceptors (Lipinski definition) is 4. The third-order valence-electron chi connectivity index (χ3n) is 3.20. The minimum absolute atomic E-state index is 0.00724. The van der Waals surface area contributed by atoms with Gasteiger partial charge in [-0.25, -0.2) is 0 Å². The summed E-state index contributed by atoms with van der Waals surface area (Å²) in [7, 11) is 1.63. The van der Waals surface area contributed by atoms with Gasteiger partial charge in [0.2, 0.25) is 5.91 Å². The number of benzene rings is 1. The van der Waals surface area contributed by atoms with Crippen LogP contribution in [0.15, 0.2) is 24.3 Å². The Hall–Kier alpha value is -1.20. The summed E-state index contributed by atoms with van der Waals surface area (Å²) >= 11 is 1.56. The Bertz CT molecular complexity index is 421. The van der Waals surface area contributed by atoms with E-state index in [1.165, 1.54) is 0 Å². The monoisotopic (exact) mass is 297 g/mol. The summed E-state index contributed by atoms with van der Waals surface area (Å²) in [5.41, 5.74) is 1.08. The van der Waals surface area contributed by atoms with Crippen LogP contribution in [0, 0.1) is 0 Å². The fraction of sp³-hybridized carbons (Fsp3) is 0.533. The summed E-state index contributed by atoms with van der Waals surface area (Å²) in [6, 6.07) is 7.69. The largest absolute Gasteiger partial charge is 0.497 e. The van der Waals surface area contributed by atoms with Crippen molar-refractivity contribution in [1.29, 1.82) is 0 Å². The number of amides is 1. The molecule has 1 amide bonds. The van der Waals surface area contributed by atoms with E-state index in [-0.39, 0.29) is 23.8 Å². The lowest BCUT2D eigenvalue weighted by molar-refractivity contribution is -0.121. The molecule has 0 aliphatic rings. The molecule has 1 aromatic rings. The first-order valence-corrected chi connectivity index (χ1v) is 7.95. The zero-order valence-electron chi connectivity index (χ0n) is 12.3. The van der Waals surface area contributed by atoms with Crippen LogP contribution in [0.2, 0.25) is 0 Å². The molecule has 1 rings (SSSR count). The number of methoxy groups -OCH3 is 1. The van der Waals surface area contributed by atoms with Crippen LogP contribution in [0.4, 0.5) is 0 Å². The van der Waals surface area contributed by atoms with Gasteiger partial charge in [0, 0.05) is 17.7 Å². The van der Waals surface area contributed by atoms with Crippen LogP contribution in [0.1, 0.15) is 18.9 Å². The molecule has 0 aliphatic heterocycles. The zero-order chi connectivity index (χ0) is 15.0. The number of carbonyl (C=O) groups is 1. The average molecular weight is 297 g/mol. The zero-order valence-corrected chi connectivity index (χ0v) is 13.1. The van der Waals surface area contributed by atoms with Crippen molar-refractivity contribution in [2.75, 3.05) is 20.0 Å². The molecular weight excluding hydrogens is 274 g/mol. The standard InChI is InChI=1S/C15H23NO3S/c1-11(14(10-17)20-3)16-15(18)8-7-12-5-4-6-13(9-12)19-2/h4-6,9,11,14,17H,7-8,10H2,1-3H3,(H,16,18). The minimum atomic E-state index is -0.0344. The minimum Gasteiger partial charge on any atom is -0.497 e. The third kappa shape index (κ3) is 5.43. The van der Waals surface area contributed by atoms with Crippen LogP contribution in [-0.4, -0.2) is 42.3 Å². The van der Waals surface area contributed by atoms with E-state index >= 15 is 0 Å². The van der Waals surface area contributed by atoms with Crippen LogP contribution in [-0.2, 0) is 11.2 Å². The first-order chi connectivity index (χ1) is 9.60. The van der Waals surface area contributed by atoms with E-state index in [0.29, 0.717) is 12.8 Å². The SMILES string of the molecule is COc1cccc(CCC(=O)NC(C)C(CO)SC)c1. The number of aliphatic hydroxyl groups excluding tert-OH is 1. The van der Waals surface area contributed by atoms with Gasteiger partial charge in [0.1, 0.15) is 5.75 Å². The van der Waals surface area contributed by atoms with E-state index in [0.717, 1.165) is 11.3 Å². The van der Waals surface area contributed by atoms with E-state index in [9.17, 15) is 9.90 Å². The number of ether oxygens (including phenoxy) is 1. The van der Waals surface area contributed by atoms with Crippen molar-refractivity contribution >= 4 is 17.7 Å². The van der Waals surface area contributed by atoms with Gasteiger partial charge >= 0.3 is 0 Å². The molecule has 0 aromatic heterocycles. The Morgan fingerprint density at radius 1 is 1.50 bits per heavy atom. The van der Waals surface area contributed by atoms with Crippen LogP contribution < -0.4 is 10.1 Å². The first-order valence-electron chi connectivity index (χ1n) is 6.66. The number of carbonyl (C=O) groups excluding carboxylic acids is 1. The van der Waals surface area contributed by atoms with Crippen molar-refractivity contribution in [3.05, 3.63) is 29.8 Å². The van der Waals surface area contributed by atoms with E-state index in [4.69, 9.17) is 4.74 Å². The maximum atomic E-state index is 11.9. The van der Waals surface area contributed by atoms with Gasteiger partial charge in [-0.15, -0.1) is 0 Å². The van der Waals surface area contributed by atoms with Crippen LogP contribution in [0.3, 0.4) is 0 Å². The number of hydrogen-bond donors (Lipinski definition) is 2. The van der Waals surface area contributed by atoms with Gasteiger partial charge in [-0.05, 0) is 37.3 Å². The molecule has 5 heteroatoms. The summed E-state index contributed by atoms with van der Waals surface area (Å²) in [5, 5.41) is 12.2. The van der Waals surface area contributed by atoms with Gasteiger partial charge in [-0.2, -0.15) is 11.8 Å². The molecule has 0 radical (unpaired) electrons. The van der Waals surface area contributed by atoms with Crippen LogP contribution >= 0.6 is 11.8 Å². The molecule has 112 valence electrons. The predicted octanol–water partition coefficient (Wildman–Crippen LogP) is 1.86. The molecule has 1 aromatic carbocycles. The molecule has 0 saturated carbocycles. The highest BCUT2D eigenvalue weighted by Gasteiger charge is 2.17. The lowest BCUT2D eigenvalue weighted by atomic mass is 10.1. The number of rotatable bonds is 8. The second-order valence-electron chi connectivity index (χ2n) is 4.66. The molecular formula is C15H23NO3S. The van der Waals surface area contributed by atoms with Gasteiger partial charge < -0.3 is 15.2 Å². The van der Waals surface area contributed by atoms with Gasteiger partial charge in [-0.3, -0.25) is 4.79 Å². The summed E-state index contributed by atoms with van der Waals surface area (Å²) in [6.07, 6.45) is 3.04. The Balaban J connectivity index is 2.42. The molecule has 4 nitrogen and oxygen atoms in total. The number of aryl methyl sites for hydroxylation is 1. The molecule has 0 aliphatic carbocycles. The van der Waals surface area contributed by atoms with Crippen LogP contribution in [0.25, 0.3) is 0 Å². The number of thioether (sulfide) groups is 1. The first kappa shape index (κ1) is 16.9. The maximum absolute atomic E-state index is 11.9. The lowest BCUT2D eigenvalue weighted by Gasteiger charge is -2.21. The fourth-order valence-corrected chi connectivity index (χ4v) is 2.57. The summed E-state index contributed by atoms with van der Waals surface area (Å²) in [4.78, 5) is 11.9. The van der Waals surface area contributed by atoms with E-state index < -0.39 is 0 Å². The molecule has 2 N–H and O–H groups in total. The highest BCUT2D eigenvalue weighted by atomic mass is 32.2. The fourth-order valence-electron chi connectivity index (χ4n) is 1.94. The number of nitrogens with one attached hydrogen (secondary N) is 1.